The van der Waals surface area contributed by atoms with Crippen molar-refractivity contribution in [3.8, 4) is 11.1 Å². The smallest absolute Gasteiger partial charge is 0.260 e. The number of hydrogen-bond donors (Lipinski definition) is 0. The summed E-state index contributed by atoms with van der Waals surface area (Å²) >= 11 is 1.56. The van der Waals surface area contributed by atoms with Crippen LogP contribution in [0.25, 0.3) is 21.3 Å². The number of benzene rings is 3. The van der Waals surface area contributed by atoms with Gasteiger partial charge in [0.15, 0.2) is 5.13 Å². The summed E-state index contributed by atoms with van der Waals surface area (Å²) in [5, 5.41) is 5.00. The standard InChI is InChI=1S/C27H24N4OS/c1-19-17-20(2)25-24(18-19)33-27(29-25)31(16-15-30-14-6-13-28-30)26(32)23-11-9-22(10-12-23)21-7-4-3-5-8-21/h3-14,17-18H,15-16H2,1-2H3. The molecule has 5 aromatic rings. The number of hydrogen-bond acceptors (Lipinski definition) is 4. The van der Waals surface area contributed by atoms with E-state index in [9.17, 15) is 4.79 Å². The van der Waals surface area contributed by atoms with E-state index < -0.39 is 0 Å². The van der Waals surface area contributed by atoms with Crippen molar-refractivity contribution in [3.05, 3.63) is 102 Å². The third-order valence-electron chi connectivity index (χ3n) is 5.65. The second kappa shape index (κ2) is 9.00. The van der Waals surface area contributed by atoms with Gasteiger partial charge in [-0.25, -0.2) is 4.98 Å². The van der Waals surface area contributed by atoms with Crippen LogP contribution in [0.4, 0.5) is 5.13 Å². The first-order valence-electron chi connectivity index (χ1n) is 10.9. The Hall–Kier alpha value is -3.77. The number of anilines is 1. The molecule has 0 atom stereocenters. The zero-order chi connectivity index (χ0) is 22.8. The maximum absolute atomic E-state index is 13.6. The number of fused-ring (bicyclic) bond motifs is 1. The predicted molar refractivity (Wildman–Crippen MR) is 135 cm³/mol. The van der Waals surface area contributed by atoms with Gasteiger partial charge in [-0.2, -0.15) is 5.10 Å². The lowest BCUT2D eigenvalue weighted by atomic mass is 10.0. The quantitative estimate of drug-likeness (QED) is 0.312. The third kappa shape index (κ3) is 4.43. The molecule has 164 valence electrons. The van der Waals surface area contributed by atoms with Crippen molar-refractivity contribution in [1.29, 1.82) is 0 Å². The van der Waals surface area contributed by atoms with Gasteiger partial charge in [-0.1, -0.05) is 59.9 Å². The van der Waals surface area contributed by atoms with E-state index in [1.807, 2.05) is 59.4 Å². The second-order valence-corrected chi connectivity index (χ2v) is 9.10. The number of aromatic nitrogens is 3. The molecular formula is C27H24N4OS. The molecule has 2 heterocycles. The first kappa shape index (κ1) is 21.1. The van der Waals surface area contributed by atoms with E-state index in [-0.39, 0.29) is 5.91 Å². The Morgan fingerprint density at radius 1 is 0.970 bits per heavy atom. The van der Waals surface area contributed by atoms with Crippen molar-refractivity contribution >= 4 is 32.6 Å². The molecule has 0 radical (unpaired) electrons. The molecule has 0 aliphatic rings. The van der Waals surface area contributed by atoms with E-state index >= 15 is 0 Å². The molecule has 0 aliphatic heterocycles. The first-order valence-corrected chi connectivity index (χ1v) is 11.7. The minimum atomic E-state index is -0.0600. The predicted octanol–water partition coefficient (Wildman–Crippen LogP) is 6.12. The Bertz CT molecular complexity index is 1390. The van der Waals surface area contributed by atoms with Crippen molar-refractivity contribution in [2.75, 3.05) is 11.4 Å². The summed E-state index contributed by atoms with van der Waals surface area (Å²) in [6, 6.07) is 24.1. The highest BCUT2D eigenvalue weighted by Gasteiger charge is 2.22. The van der Waals surface area contributed by atoms with Crippen LogP contribution in [0, 0.1) is 13.8 Å². The summed E-state index contributed by atoms with van der Waals surface area (Å²) in [4.78, 5) is 20.3. The number of amides is 1. The number of carbonyl (C=O) groups excluding carboxylic acids is 1. The minimum absolute atomic E-state index is 0.0600. The Morgan fingerprint density at radius 2 is 1.73 bits per heavy atom. The number of nitrogens with zero attached hydrogens (tertiary/aromatic N) is 4. The molecule has 1 amide bonds. The van der Waals surface area contributed by atoms with Gasteiger partial charge < -0.3 is 0 Å². The van der Waals surface area contributed by atoms with Crippen molar-refractivity contribution in [1.82, 2.24) is 14.8 Å². The van der Waals surface area contributed by atoms with E-state index in [0.29, 0.717) is 23.8 Å². The maximum Gasteiger partial charge on any atom is 0.260 e. The van der Waals surface area contributed by atoms with Gasteiger partial charge in [-0.3, -0.25) is 14.4 Å². The summed E-state index contributed by atoms with van der Waals surface area (Å²) in [6.07, 6.45) is 3.65. The lowest BCUT2D eigenvalue weighted by molar-refractivity contribution is 0.0986. The zero-order valence-electron chi connectivity index (χ0n) is 18.6. The van der Waals surface area contributed by atoms with Gasteiger partial charge in [-0.05, 0) is 60.4 Å². The van der Waals surface area contributed by atoms with Gasteiger partial charge in [0.2, 0.25) is 0 Å². The molecule has 0 saturated heterocycles. The molecule has 0 bridgehead atoms. The van der Waals surface area contributed by atoms with Crippen molar-refractivity contribution in [3.63, 3.8) is 0 Å². The summed E-state index contributed by atoms with van der Waals surface area (Å²) in [5.74, 6) is -0.0600. The highest BCUT2D eigenvalue weighted by molar-refractivity contribution is 7.22. The molecule has 0 N–H and O–H groups in total. The molecule has 0 saturated carbocycles. The molecule has 0 aliphatic carbocycles. The second-order valence-electron chi connectivity index (χ2n) is 8.09. The molecule has 0 fully saturated rings. The van der Waals surface area contributed by atoms with Crippen LogP contribution in [-0.4, -0.2) is 27.2 Å². The van der Waals surface area contributed by atoms with Gasteiger partial charge in [-0.15, -0.1) is 0 Å². The molecule has 2 aromatic heterocycles. The normalized spacial score (nSPS) is 11.1. The summed E-state index contributed by atoms with van der Waals surface area (Å²) in [6.45, 7) is 5.23. The van der Waals surface area contributed by atoms with Crippen molar-refractivity contribution < 1.29 is 4.79 Å². The van der Waals surface area contributed by atoms with Crippen LogP contribution in [-0.2, 0) is 6.54 Å². The Kier molecular flexibility index (Phi) is 5.75. The summed E-state index contributed by atoms with van der Waals surface area (Å²) in [7, 11) is 0. The third-order valence-corrected chi connectivity index (χ3v) is 6.67. The molecule has 5 nitrogen and oxygen atoms in total. The number of thiazole rings is 1. The molecule has 6 heteroatoms. The van der Waals surface area contributed by atoms with Crippen LogP contribution in [0.3, 0.4) is 0 Å². The molecule has 3 aromatic carbocycles. The largest absolute Gasteiger partial charge is 0.282 e. The Labute approximate surface area is 196 Å². The molecule has 0 spiro atoms. The van der Waals surface area contributed by atoms with E-state index in [4.69, 9.17) is 4.98 Å². The monoisotopic (exact) mass is 452 g/mol. The first-order chi connectivity index (χ1) is 16.1. The molecule has 5 rings (SSSR count). The van der Waals surface area contributed by atoms with Crippen molar-refractivity contribution in [2.24, 2.45) is 0 Å². The van der Waals surface area contributed by atoms with Crippen LogP contribution in [0.15, 0.2) is 85.2 Å². The highest BCUT2D eigenvalue weighted by Crippen LogP contribution is 2.32. The van der Waals surface area contributed by atoms with Gasteiger partial charge in [0.25, 0.3) is 5.91 Å². The van der Waals surface area contributed by atoms with Crippen LogP contribution in [0.1, 0.15) is 21.5 Å². The molecule has 0 unspecified atom stereocenters. The minimum Gasteiger partial charge on any atom is -0.282 e. The lowest BCUT2D eigenvalue weighted by Gasteiger charge is -2.20. The summed E-state index contributed by atoms with van der Waals surface area (Å²) < 4.78 is 2.93. The van der Waals surface area contributed by atoms with E-state index in [0.717, 1.165) is 26.9 Å². The Balaban J connectivity index is 1.48. The van der Waals surface area contributed by atoms with Crippen LogP contribution < -0.4 is 4.90 Å². The average Bonchev–Trinajstić information content (AvgIpc) is 3.50. The van der Waals surface area contributed by atoms with Gasteiger partial charge in [0, 0.05) is 24.5 Å². The SMILES string of the molecule is Cc1cc(C)c2nc(N(CCn3cccn3)C(=O)c3ccc(-c4ccccc4)cc3)sc2c1. The average molecular weight is 453 g/mol. The van der Waals surface area contributed by atoms with Gasteiger partial charge in [0.1, 0.15) is 0 Å². The van der Waals surface area contributed by atoms with Crippen LogP contribution in [0.2, 0.25) is 0 Å². The fraction of sp³-hybridized carbons (Fsp3) is 0.148. The highest BCUT2D eigenvalue weighted by atomic mass is 32.1. The lowest BCUT2D eigenvalue weighted by Crippen LogP contribution is -2.34. The number of rotatable bonds is 6. The van der Waals surface area contributed by atoms with Gasteiger partial charge in [0.05, 0.1) is 16.8 Å². The Morgan fingerprint density at radius 3 is 2.45 bits per heavy atom. The number of carbonyl (C=O) groups is 1. The van der Waals surface area contributed by atoms with Crippen molar-refractivity contribution in [2.45, 2.75) is 20.4 Å². The number of aryl methyl sites for hydroxylation is 2. The topological polar surface area (TPSA) is 51.0 Å². The zero-order valence-corrected chi connectivity index (χ0v) is 19.4. The van der Waals surface area contributed by atoms with Crippen LogP contribution in [0.5, 0.6) is 0 Å². The molecule has 33 heavy (non-hydrogen) atoms. The maximum atomic E-state index is 13.6. The van der Waals surface area contributed by atoms with Crippen LogP contribution >= 0.6 is 11.3 Å². The van der Waals surface area contributed by atoms with E-state index in [1.54, 1.807) is 22.4 Å². The molecular weight excluding hydrogens is 428 g/mol. The van der Waals surface area contributed by atoms with E-state index in [1.165, 1.54) is 5.56 Å². The fourth-order valence-electron chi connectivity index (χ4n) is 3.99. The fourth-order valence-corrected chi connectivity index (χ4v) is 5.15. The van der Waals surface area contributed by atoms with E-state index in [2.05, 4.69) is 43.2 Å². The summed E-state index contributed by atoms with van der Waals surface area (Å²) in [5.41, 5.74) is 6.13. The van der Waals surface area contributed by atoms with Gasteiger partial charge >= 0.3 is 0 Å².